The first kappa shape index (κ1) is 85.2. The van der Waals surface area contributed by atoms with Crippen molar-refractivity contribution in [3.63, 3.8) is 0 Å². The van der Waals surface area contributed by atoms with Crippen LogP contribution in [0.4, 0.5) is 68.2 Å². The van der Waals surface area contributed by atoms with Gasteiger partial charge in [0.1, 0.15) is 28.4 Å². The van der Waals surface area contributed by atoms with Crippen LogP contribution < -0.4 is 24.3 Å². The van der Waals surface area contributed by atoms with Gasteiger partial charge in [-0.05, 0) is 251 Å². The number of benzene rings is 24. The first-order chi connectivity index (χ1) is 70.4. The quantitative estimate of drug-likeness (QED) is 0.0708. The molecule has 27 rings (SSSR count). The molecule has 142 heavy (non-hydrogen) atoms. The summed E-state index contributed by atoms with van der Waals surface area (Å²) in [6.45, 7) is 0. The van der Waals surface area contributed by atoms with Crippen LogP contribution in [0.2, 0.25) is 0 Å². The predicted molar refractivity (Wildman–Crippen MR) is 586 cm³/mol. The van der Waals surface area contributed by atoms with E-state index in [1.54, 1.807) is 0 Å². The number of anilines is 12. The van der Waals surface area contributed by atoms with E-state index in [0.29, 0.717) is 0 Å². The van der Waals surface area contributed by atoms with Gasteiger partial charge in [-0.1, -0.05) is 358 Å². The van der Waals surface area contributed by atoms with Gasteiger partial charge in [0, 0.05) is 94.1 Å². The number of para-hydroxylation sites is 10. The molecule has 0 radical (unpaired) electrons. The molecule has 0 amide bonds. The smallest absolute Gasteiger partial charge is 0.159 e. The van der Waals surface area contributed by atoms with Crippen LogP contribution in [0, 0.1) is 0 Å². The van der Waals surface area contributed by atoms with Crippen molar-refractivity contribution in [1.82, 2.24) is 0 Å². The van der Waals surface area contributed by atoms with Gasteiger partial charge in [-0.15, -0.1) is 0 Å². The van der Waals surface area contributed by atoms with Gasteiger partial charge in [-0.2, -0.15) is 0 Å². The molecule has 0 saturated heterocycles. The largest absolute Gasteiger partial charge is 0.456 e. The number of aromatic hydroxyl groups is 1. The van der Waals surface area contributed by atoms with Crippen molar-refractivity contribution in [2.24, 2.45) is 0 Å². The van der Waals surface area contributed by atoms with Gasteiger partial charge in [0.05, 0.1) is 34.1 Å². The van der Waals surface area contributed by atoms with Gasteiger partial charge in [-0.25, -0.2) is 0 Å². The monoisotopic (exact) mass is 1870 g/mol. The van der Waals surface area contributed by atoms with Gasteiger partial charge in [0.25, 0.3) is 0 Å². The van der Waals surface area contributed by atoms with Gasteiger partial charge < -0.3 is 38.3 Å². The number of ether oxygens (including phenoxy) is 1. The number of rotatable bonds is 17. The molecule has 2 aromatic heterocycles. The van der Waals surface area contributed by atoms with Gasteiger partial charge in [0.15, 0.2) is 11.2 Å². The van der Waals surface area contributed by atoms with E-state index in [2.05, 4.69) is 527 Å². The van der Waals surface area contributed by atoms with Crippen molar-refractivity contribution in [3.8, 4) is 84.0 Å². The number of hydrogen-bond donors (Lipinski definition) is 1. The molecule has 24 aromatic carbocycles. The van der Waals surface area contributed by atoms with Crippen LogP contribution in [0.15, 0.2) is 524 Å². The van der Waals surface area contributed by atoms with Gasteiger partial charge in [-0.3, -0.25) is 0 Å². The zero-order chi connectivity index (χ0) is 94.7. The summed E-state index contributed by atoms with van der Waals surface area (Å²) in [5.41, 5.74) is 28.9. The SMILES string of the molecule is Oc1cc(-c2ccc(N(c3ccccc3)c3ccccc3-c3ccccc3)cc2)ccc1-c1cc2c3ccccc3c(N(c3ccccc3)c3cccc4c3oc3ccccc34)cc2c2ccccc12.[O]=[Cu].c1ccc(-c2ccccc2N(c2ccccc2)c2ccc(-c3ccc4c(c3)Oc3cccc5c3c-4cc3c4ccccc4c(N(c4ccccc4)c4cccc6c4oc4ccccc46)cc53)cc2)cc1. The van der Waals surface area contributed by atoms with Crippen LogP contribution in [-0.4, -0.2) is 5.11 Å². The molecule has 1 aliphatic heterocycles. The normalized spacial score (nSPS) is 11.5. The Labute approximate surface area is 828 Å². The van der Waals surface area contributed by atoms with E-state index < -0.39 is 0 Å². The number of hydrogen-bond acceptors (Lipinski definition) is 9. The number of phenolic OH excluding ortho intramolecular Hbond substituents is 1. The van der Waals surface area contributed by atoms with Crippen molar-refractivity contribution in [2.45, 2.75) is 0 Å². The topological polar surface area (TPSA) is 85.8 Å². The average Bonchev–Trinajstić information content (AvgIpc) is 0.807. The van der Waals surface area contributed by atoms with E-state index in [-0.39, 0.29) is 5.75 Å². The molecule has 10 heteroatoms. The molecule has 0 fully saturated rings. The number of phenols is 1. The summed E-state index contributed by atoms with van der Waals surface area (Å²) in [6, 6.07) is 182. The molecule has 0 saturated carbocycles. The maximum atomic E-state index is 12.1. The molecule has 0 aliphatic carbocycles. The molecule has 1 N–H and O–H groups in total. The van der Waals surface area contributed by atoms with Crippen LogP contribution in [0.25, 0.3) is 175 Å². The Bertz CT molecular complexity index is 9320. The Balaban J connectivity index is 0.000000147. The van der Waals surface area contributed by atoms with Crippen LogP contribution in [0.5, 0.6) is 17.2 Å². The molecule has 0 bridgehead atoms. The Hall–Kier alpha value is -18.4. The summed E-state index contributed by atoms with van der Waals surface area (Å²) in [4.78, 5) is 9.36. The number of fused-ring (bicyclic) bond motifs is 17. The molecule has 1 aliphatic rings. The van der Waals surface area contributed by atoms with E-state index in [1.165, 1.54) is 27.5 Å². The Morgan fingerprint density at radius 3 is 0.965 bits per heavy atom. The van der Waals surface area contributed by atoms with Crippen LogP contribution in [-0.2, 0) is 19.8 Å². The fraction of sp³-hybridized carbons (Fsp3) is 0. The second-order valence-corrected chi connectivity index (χ2v) is 35.7. The first-order valence-electron chi connectivity index (χ1n) is 47.7. The van der Waals surface area contributed by atoms with Gasteiger partial charge in [0.2, 0.25) is 0 Å². The summed E-state index contributed by atoms with van der Waals surface area (Å²) >= 11 is 2.94. The molecular formula is C132H86CuN4O5. The maximum absolute atomic E-state index is 12.1. The molecule has 26 aromatic rings. The Kier molecular flexibility index (Phi) is 21.9. The van der Waals surface area contributed by atoms with Crippen molar-refractivity contribution >= 4 is 177 Å². The Morgan fingerprint density at radius 1 is 0.176 bits per heavy atom. The Morgan fingerprint density at radius 2 is 0.500 bits per heavy atom. The van der Waals surface area contributed by atoms with E-state index in [0.717, 1.165) is 228 Å². The van der Waals surface area contributed by atoms with Crippen molar-refractivity contribution in [2.75, 3.05) is 19.6 Å². The average molecular weight is 1870 g/mol. The number of nitrogens with zero attached hydrogens (tertiary/aromatic N) is 4. The second kappa shape index (κ2) is 36.6. The van der Waals surface area contributed by atoms with E-state index in [1.807, 2.05) is 24.3 Å². The minimum absolute atomic E-state index is 0.226. The predicted octanol–water partition coefficient (Wildman–Crippen LogP) is 37.7. The molecular weight excluding hydrogens is 1790 g/mol. The van der Waals surface area contributed by atoms with Crippen molar-refractivity contribution in [1.29, 1.82) is 0 Å². The molecule has 0 spiro atoms. The van der Waals surface area contributed by atoms with E-state index in [4.69, 9.17) is 17.4 Å². The molecule has 0 unspecified atom stereocenters. The zero-order valence-corrected chi connectivity index (χ0v) is 77.7. The minimum atomic E-state index is 0.226. The molecule has 9 nitrogen and oxygen atoms in total. The van der Waals surface area contributed by atoms with Crippen molar-refractivity contribution in [3.05, 3.63) is 516 Å². The number of furan rings is 2. The molecule has 3 heterocycles. The molecule has 0 atom stereocenters. The zero-order valence-electron chi connectivity index (χ0n) is 76.7. The standard InChI is InChI=1S/C66H42N2O2.C66H44N2O2.Cu.O/c1-4-18-44(19-5-1)49-24-12-14-30-59(49)67(46-20-6-2-7-21-46)48-37-34-43(35-38-48)45-36-39-53-58-41-56-50-25-10-11-26-51(50)61(42-57(56)54-28-17-33-63(65(54)58)69-64(53)40-45)68(47-22-8-3-9-23-47)60-31-16-29-55-52-27-13-15-32-62(52)70-66(55)60;69-64-41-46(44-35-38-49(39-36-44)67(47-21-6-2-7-22-47)61-32-16-14-25-50(61)45-19-4-1-5-20-45)37-40-55(64)58-42-59-53-28-12-13-29-54(53)63(43-60(59)52-27-11-10-26-51(52)58)68(48-23-8-3-9-24-48)62-33-18-31-57-56-30-15-17-34-65(56)70-66(57)62;;/h1-42H;1-43,69H;;. The third-order valence-corrected chi connectivity index (χ3v) is 27.7. The van der Waals surface area contributed by atoms with Crippen LogP contribution >= 0.6 is 0 Å². The fourth-order valence-electron chi connectivity index (χ4n) is 21.4. The third kappa shape index (κ3) is 15.1. The minimum Gasteiger partial charge on any atom is -0.456 e. The summed E-state index contributed by atoms with van der Waals surface area (Å²) in [5.74, 6) is 1.93. The maximum Gasteiger partial charge on any atom is 0.159 e. The van der Waals surface area contributed by atoms with Crippen LogP contribution in [0.3, 0.4) is 0 Å². The summed E-state index contributed by atoms with van der Waals surface area (Å²) in [6.07, 6.45) is 0. The van der Waals surface area contributed by atoms with E-state index >= 15 is 0 Å². The van der Waals surface area contributed by atoms with E-state index in [9.17, 15) is 5.11 Å². The summed E-state index contributed by atoms with van der Waals surface area (Å²) in [7, 11) is 0. The van der Waals surface area contributed by atoms with Crippen molar-refractivity contribution < 1.29 is 38.5 Å². The van der Waals surface area contributed by atoms with Gasteiger partial charge >= 0.3 is 19.8 Å². The summed E-state index contributed by atoms with van der Waals surface area (Å²) in [5, 5.41) is 30.0. The second-order valence-electron chi connectivity index (χ2n) is 35.7. The third-order valence-electron chi connectivity index (χ3n) is 27.7. The fourth-order valence-corrected chi connectivity index (χ4v) is 21.4. The molecule has 675 valence electrons. The summed E-state index contributed by atoms with van der Waals surface area (Å²) < 4.78 is 28.2. The van der Waals surface area contributed by atoms with Crippen LogP contribution in [0.1, 0.15) is 0 Å². The first-order valence-corrected chi connectivity index (χ1v) is 48.1.